The lowest BCUT2D eigenvalue weighted by Crippen LogP contribution is -2.36. The normalized spacial score (nSPS) is 24.6. The summed E-state index contributed by atoms with van der Waals surface area (Å²) in [6.45, 7) is 9.12. The molecule has 0 radical (unpaired) electrons. The summed E-state index contributed by atoms with van der Waals surface area (Å²) in [6, 6.07) is 7.94. The molecule has 6 heteroatoms. The number of likely N-dealkylation sites (tertiary alicyclic amines) is 1. The molecule has 1 aromatic rings. The third-order valence-electron chi connectivity index (χ3n) is 5.46. The predicted octanol–water partition coefficient (Wildman–Crippen LogP) is 4.61. The van der Waals surface area contributed by atoms with Gasteiger partial charge in [-0.3, -0.25) is 4.99 Å². The zero-order valence-corrected chi connectivity index (χ0v) is 18.4. The number of aliphatic imine (C=N–C) groups is 1. The minimum atomic E-state index is -0.459. The van der Waals surface area contributed by atoms with E-state index in [1.165, 1.54) is 0 Å². The highest BCUT2D eigenvalue weighted by Gasteiger charge is 2.44. The summed E-state index contributed by atoms with van der Waals surface area (Å²) in [5.41, 5.74) is 7.13. The van der Waals surface area contributed by atoms with Crippen LogP contribution in [-0.4, -0.2) is 42.0 Å². The Labute approximate surface area is 179 Å². The van der Waals surface area contributed by atoms with Crippen LogP contribution in [0.5, 0.6) is 5.75 Å². The van der Waals surface area contributed by atoms with E-state index in [-0.39, 0.29) is 12.2 Å². The van der Waals surface area contributed by atoms with Gasteiger partial charge in [0.2, 0.25) is 0 Å². The molecule has 0 bridgehead atoms. The first-order valence-electron chi connectivity index (χ1n) is 10.6. The fourth-order valence-corrected chi connectivity index (χ4v) is 4.18. The third-order valence-corrected chi connectivity index (χ3v) is 5.46. The maximum Gasteiger partial charge on any atom is 0.410 e. The Morgan fingerprint density at radius 1 is 1.23 bits per heavy atom. The molecule has 162 valence electrons. The third kappa shape index (κ3) is 5.65. The standard InChI is InChI=1S/C24H33N3O3/c1-5-9-26-14-20(13-25)17-7-6-8-21(10-17)29-22-11-18-15-27(16-19(18)12-22)23(28)30-24(2,3)4/h5-10,13-14,18-19,22H,11-12,15-16,25H2,1-4H3/b9-5+,20-13+,26-14-/t18-,19+,22+. The van der Waals surface area contributed by atoms with E-state index in [1.807, 2.05) is 62.9 Å². The molecule has 0 aromatic heterocycles. The van der Waals surface area contributed by atoms with Gasteiger partial charge in [0.1, 0.15) is 11.4 Å². The molecule has 0 unspecified atom stereocenters. The van der Waals surface area contributed by atoms with Crippen LogP contribution in [0.25, 0.3) is 5.57 Å². The molecule has 3 atom stereocenters. The van der Waals surface area contributed by atoms with Crippen LogP contribution in [-0.2, 0) is 4.74 Å². The topological polar surface area (TPSA) is 77.2 Å². The molecule has 1 amide bonds. The van der Waals surface area contributed by atoms with E-state index in [4.69, 9.17) is 15.2 Å². The second-order valence-corrected chi connectivity index (χ2v) is 9.03. The van der Waals surface area contributed by atoms with E-state index in [2.05, 4.69) is 4.99 Å². The summed E-state index contributed by atoms with van der Waals surface area (Å²) in [6.07, 6.45) is 8.75. The van der Waals surface area contributed by atoms with Crippen molar-refractivity contribution in [1.82, 2.24) is 4.90 Å². The average Bonchev–Trinajstić information content (AvgIpc) is 3.23. The Hall–Kier alpha value is -2.76. The molecule has 1 saturated carbocycles. The molecule has 0 spiro atoms. The van der Waals surface area contributed by atoms with Gasteiger partial charge in [-0.1, -0.05) is 18.2 Å². The summed E-state index contributed by atoms with van der Waals surface area (Å²) in [5.74, 6) is 1.77. The summed E-state index contributed by atoms with van der Waals surface area (Å²) < 4.78 is 11.8. The van der Waals surface area contributed by atoms with Gasteiger partial charge in [-0.25, -0.2) is 4.79 Å². The fourth-order valence-electron chi connectivity index (χ4n) is 4.18. The summed E-state index contributed by atoms with van der Waals surface area (Å²) >= 11 is 0. The van der Waals surface area contributed by atoms with Crippen LogP contribution < -0.4 is 10.5 Å². The van der Waals surface area contributed by atoms with Gasteiger partial charge in [-0.05, 0) is 70.1 Å². The number of amides is 1. The Bertz CT molecular complexity index is 824. The van der Waals surface area contributed by atoms with Crippen molar-refractivity contribution < 1.29 is 14.3 Å². The second kappa shape index (κ2) is 9.37. The molecule has 2 N–H and O–H groups in total. The average molecular weight is 412 g/mol. The van der Waals surface area contributed by atoms with Crippen LogP contribution >= 0.6 is 0 Å². The smallest absolute Gasteiger partial charge is 0.410 e. The zero-order valence-electron chi connectivity index (χ0n) is 18.4. The fraction of sp³-hybridized carbons (Fsp3) is 0.500. The molecule has 30 heavy (non-hydrogen) atoms. The second-order valence-electron chi connectivity index (χ2n) is 9.03. The number of allylic oxidation sites excluding steroid dienone is 2. The Morgan fingerprint density at radius 3 is 2.53 bits per heavy atom. The van der Waals surface area contributed by atoms with E-state index in [1.54, 1.807) is 18.6 Å². The molecular formula is C24H33N3O3. The Morgan fingerprint density at radius 2 is 1.93 bits per heavy atom. The van der Waals surface area contributed by atoms with Gasteiger partial charge < -0.3 is 20.1 Å². The summed E-state index contributed by atoms with van der Waals surface area (Å²) in [5, 5.41) is 0. The van der Waals surface area contributed by atoms with E-state index in [0.29, 0.717) is 11.8 Å². The number of ether oxygens (including phenoxy) is 2. The molecule has 2 fully saturated rings. The lowest BCUT2D eigenvalue weighted by Gasteiger charge is -2.25. The Balaban J connectivity index is 1.57. The molecule has 2 aliphatic rings. The molecule has 1 aliphatic heterocycles. The first kappa shape index (κ1) is 21.9. The highest BCUT2D eigenvalue weighted by Crippen LogP contribution is 2.40. The highest BCUT2D eigenvalue weighted by atomic mass is 16.6. The molecule has 6 nitrogen and oxygen atoms in total. The molecule has 1 saturated heterocycles. The first-order valence-corrected chi connectivity index (χ1v) is 10.6. The molecule has 1 aromatic carbocycles. The zero-order chi connectivity index (χ0) is 21.7. The van der Waals surface area contributed by atoms with Crippen molar-refractivity contribution in [3.8, 4) is 5.75 Å². The van der Waals surface area contributed by atoms with Crippen LogP contribution in [0.3, 0.4) is 0 Å². The number of nitrogens with zero attached hydrogens (tertiary/aromatic N) is 2. The highest BCUT2D eigenvalue weighted by molar-refractivity contribution is 6.09. The summed E-state index contributed by atoms with van der Waals surface area (Å²) in [7, 11) is 0. The number of carbonyl (C=O) groups is 1. The molecule has 3 rings (SSSR count). The molecule has 1 aliphatic carbocycles. The number of hydrogen-bond acceptors (Lipinski definition) is 5. The van der Waals surface area contributed by atoms with Crippen molar-refractivity contribution in [3.05, 3.63) is 48.3 Å². The number of hydrogen-bond donors (Lipinski definition) is 1. The largest absolute Gasteiger partial charge is 0.490 e. The SMILES string of the molecule is C/C=C/N=C\C(=C/N)c1cccc(O[C@H]2C[C@@H]3CN(C(=O)OC(C)(C)C)C[C@@H]3C2)c1. The number of carbonyl (C=O) groups excluding carboxylic acids is 1. The monoisotopic (exact) mass is 411 g/mol. The lowest BCUT2D eigenvalue weighted by molar-refractivity contribution is 0.0272. The van der Waals surface area contributed by atoms with E-state index >= 15 is 0 Å². The van der Waals surface area contributed by atoms with Crippen LogP contribution in [0.4, 0.5) is 4.79 Å². The van der Waals surface area contributed by atoms with Gasteiger partial charge in [0, 0.05) is 37.3 Å². The van der Waals surface area contributed by atoms with Gasteiger partial charge >= 0.3 is 6.09 Å². The van der Waals surface area contributed by atoms with Crippen LogP contribution in [0, 0.1) is 11.8 Å². The minimum absolute atomic E-state index is 0.165. The Kier molecular flexibility index (Phi) is 6.85. The van der Waals surface area contributed by atoms with Gasteiger partial charge in [0.15, 0.2) is 0 Å². The summed E-state index contributed by atoms with van der Waals surface area (Å²) in [4.78, 5) is 18.4. The van der Waals surface area contributed by atoms with Crippen LogP contribution in [0.1, 0.15) is 46.1 Å². The van der Waals surface area contributed by atoms with E-state index < -0.39 is 5.60 Å². The van der Waals surface area contributed by atoms with Crippen molar-refractivity contribution in [2.45, 2.75) is 52.2 Å². The van der Waals surface area contributed by atoms with Gasteiger partial charge in [-0.2, -0.15) is 0 Å². The number of benzene rings is 1. The van der Waals surface area contributed by atoms with Crippen molar-refractivity contribution in [3.63, 3.8) is 0 Å². The number of nitrogens with two attached hydrogens (primary N) is 1. The molecular weight excluding hydrogens is 378 g/mol. The lowest BCUT2D eigenvalue weighted by atomic mass is 10.0. The predicted molar refractivity (Wildman–Crippen MR) is 120 cm³/mol. The minimum Gasteiger partial charge on any atom is -0.490 e. The van der Waals surface area contributed by atoms with Gasteiger partial charge in [-0.15, -0.1) is 0 Å². The number of fused-ring (bicyclic) bond motifs is 1. The van der Waals surface area contributed by atoms with Crippen LogP contribution in [0.2, 0.25) is 0 Å². The van der Waals surface area contributed by atoms with Crippen LogP contribution in [0.15, 0.2) is 47.7 Å². The van der Waals surface area contributed by atoms with Crippen molar-refractivity contribution in [1.29, 1.82) is 0 Å². The van der Waals surface area contributed by atoms with E-state index in [9.17, 15) is 4.79 Å². The van der Waals surface area contributed by atoms with Gasteiger partial charge in [0.05, 0.1) is 6.10 Å². The maximum absolute atomic E-state index is 12.3. The number of rotatable bonds is 5. The van der Waals surface area contributed by atoms with Crippen molar-refractivity contribution in [2.24, 2.45) is 22.6 Å². The van der Waals surface area contributed by atoms with Crippen molar-refractivity contribution in [2.75, 3.05) is 13.1 Å². The first-order chi connectivity index (χ1) is 14.3. The maximum atomic E-state index is 12.3. The molecule has 1 heterocycles. The van der Waals surface area contributed by atoms with E-state index in [0.717, 1.165) is 42.8 Å². The quantitative estimate of drug-likeness (QED) is 0.718. The van der Waals surface area contributed by atoms with Crippen molar-refractivity contribution >= 4 is 17.9 Å². The van der Waals surface area contributed by atoms with Gasteiger partial charge in [0.25, 0.3) is 0 Å².